The lowest BCUT2D eigenvalue weighted by Crippen LogP contribution is -2.15. The van der Waals surface area contributed by atoms with Crippen LogP contribution in [0.25, 0.3) is 0 Å². The molecule has 0 amide bonds. The Morgan fingerprint density at radius 3 is 2.81 bits per heavy atom. The second kappa shape index (κ2) is 4.78. The van der Waals surface area contributed by atoms with E-state index in [4.69, 9.17) is 4.74 Å². The Labute approximate surface area is 93.6 Å². The fourth-order valence-electron chi connectivity index (χ4n) is 2.13. The van der Waals surface area contributed by atoms with E-state index in [0.29, 0.717) is 11.3 Å². The Hall–Kier alpha value is -1.16. The maximum atomic E-state index is 12.8. The van der Waals surface area contributed by atoms with Gasteiger partial charge in [0.25, 0.3) is 6.43 Å². The Morgan fingerprint density at radius 1 is 1.44 bits per heavy atom. The van der Waals surface area contributed by atoms with Crippen LogP contribution in [0.2, 0.25) is 0 Å². The summed E-state index contributed by atoms with van der Waals surface area (Å²) in [4.78, 5) is 0. The average Bonchev–Trinajstić information content (AvgIpc) is 2.81. The van der Waals surface area contributed by atoms with E-state index in [0.717, 1.165) is 19.4 Å². The molecule has 1 heterocycles. The number of hydrogen-bond acceptors (Lipinski definition) is 2. The van der Waals surface area contributed by atoms with Gasteiger partial charge in [0.1, 0.15) is 5.75 Å². The monoisotopic (exact) mass is 227 g/mol. The lowest BCUT2D eigenvalue weighted by molar-refractivity contribution is 0.149. The van der Waals surface area contributed by atoms with Crippen molar-refractivity contribution in [2.24, 2.45) is 0 Å². The number of halogens is 2. The number of alkyl halides is 2. The van der Waals surface area contributed by atoms with Crippen LogP contribution in [0.1, 0.15) is 36.4 Å². The summed E-state index contributed by atoms with van der Waals surface area (Å²) in [6.45, 7) is 0.893. The summed E-state index contributed by atoms with van der Waals surface area (Å²) < 4.78 is 30.8. The maximum absolute atomic E-state index is 12.8. The Morgan fingerprint density at radius 2 is 2.25 bits per heavy atom. The summed E-state index contributed by atoms with van der Waals surface area (Å²) in [7, 11) is 1.54. The molecule has 4 heteroatoms. The molecule has 1 aliphatic rings. The zero-order valence-electron chi connectivity index (χ0n) is 9.17. The van der Waals surface area contributed by atoms with Gasteiger partial charge in [0, 0.05) is 11.6 Å². The maximum Gasteiger partial charge on any atom is 0.264 e. The Bertz CT molecular complexity index is 362. The van der Waals surface area contributed by atoms with Gasteiger partial charge in [0.2, 0.25) is 0 Å². The van der Waals surface area contributed by atoms with Crippen molar-refractivity contribution in [3.63, 3.8) is 0 Å². The predicted octanol–water partition coefficient (Wildman–Crippen LogP) is 3.06. The van der Waals surface area contributed by atoms with Crippen LogP contribution in [0.3, 0.4) is 0 Å². The first kappa shape index (κ1) is 11.3. The van der Waals surface area contributed by atoms with E-state index in [1.165, 1.54) is 6.07 Å². The highest BCUT2D eigenvalue weighted by Gasteiger charge is 2.23. The molecule has 1 N–H and O–H groups in total. The van der Waals surface area contributed by atoms with Crippen LogP contribution in [0.4, 0.5) is 8.78 Å². The Kier molecular flexibility index (Phi) is 3.39. The molecule has 2 rings (SSSR count). The summed E-state index contributed by atoms with van der Waals surface area (Å²) in [6.07, 6.45) is -0.486. The molecule has 16 heavy (non-hydrogen) atoms. The van der Waals surface area contributed by atoms with Gasteiger partial charge in [-0.05, 0) is 43.1 Å². The van der Waals surface area contributed by atoms with Crippen molar-refractivity contribution in [3.05, 3.63) is 29.3 Å². The van der Waals surface area contributed by atoms with Crippen molar-refractivity contribution in [3.8, 4) is 5.75 Å². The first-order chi connectivity index (χ1) is 7.72. The SMILES string of the molecule is COc1ccc(C(F)F)c(C2CCCN2)c1. The third-order valence-electron chi connectivity index (χ3n) is 2.96. The standard InChI is InChI=1S/C12H15F2NO/c1-16-8-4-5-9(12(13)14)10(7-8)11-3-2-6-15-11/h4-5,7,11-12,15H,2-3,6H2,1H3. The number of nitrogens with one attached hydrogen (secondary N) is 1. The highest BCUT2D eigenvalue weighted by atomic mass is 19.3. The van der Waals surface area contributed by atoms with Gasteiger partial charge in [-0.3, -0.25) is 0 Å². The molecule has 1 aromatic rings. The molecule has 1 aromatic carbocycles. The lowest BCUT2D eigenvalue weighted by Gasteiger charge is -2.16. The number of rotatable bonds is 3. The van der Waals surface area contributed by atoms with Crippen LogP contribution in [0, 0.1) is 0 Å². The van der Waals surface area contributed by atoms with Crippen molar-refractivity contribution in [1.82, 2.24) is 5.32 Å². The van der Waals surface area contributed by atoms with Gasteiger partial charge in [-0.2, -0.15) is 0 Å². The molecule has 0 saturated carbocycles. The molecular weight excluding hydrogens is 212 g/mol. The topological polar surface area (TPSA) is 21.3 Å². The molecule has 88 valence electrons. The number of benzene rings is 1. The molecule has 1 fully saturated rings. The van der Waals surface area contributed by atoms with Crippen molar-refractivity contribution in [2.75, 3.05) is 13.7 Å². The van der Waals surface area contributed by atoms with Crippen LogP contribution in [-0.2, 0) is 0 Å². The number of ether oxygens (including phenoxy) is 1. The lowest BCUT2D eigenvalue weighted by atomic mass is 9.99. The number of methoxy groups -OCH3 is 1. The van der Waals surface area contributed by atoms with E-state index in [2.05, 4.69) is 5.32 Å². The summed E-state index contributed by atoms with van der Waals surface area (Å²) in [5.74, 6) is 0.633. The van der Waals surface area contributed by atoms with E-state index in [1.54, 1.807) is 19.2 Å². The van der Waals surface area contributed by atoms with Crippen molar-refractivity contribution >= 4 is 0 Å². The van der Waals surface area contributed by atoms with Gasteiger partial charge in [0.15, 0.2) is 0 Å². The van der Waals surface area contributed by atoms with Crippen LogP contribution < -0.4 is 10.1 Å². The molecule has 0 spiro atoms. The van der Waals surface area contributed by atoms with Crippen LogP contribution in [0.15, 0.2) is 18.2 Å². The van der Waals surface area contributed by atoms with E-state index >= 15 is 0 Å². The van der Waals surface area contributed by atoms with E-state index in [9.17, 15) is 8.78 Å². The first-order valence-corrected chi connectivity index (χ1v) is 5.41. The minimum atomic E-state index is -2.43. The predicted molar refractivity (Wildman–Crippen MR) is 57.9 cm³/mol. The minimum absolute atomic E-state index is 0.0408. The third kappa shape index (κ3) is 2.16. The van der Waals surface area contributed by atoms with E-state index < -0.39 is 6.43 Å². The Balaban J connectivity index is 2.37. The second-order valence-corrected chi connectivity index (χ2v) is 3.94. The van der Waals surface area contributed by atoms with Crippen molar-refractivity contribution in [2.45, 2.75) is 25.3 Å². The molecule has 1 unspecified atom stereocenters. The fraction of sp³-hybridized carbons (Fsp3) is 0.500. The van der Waals surface area contributed by atoms with Gasteiger partial charge in [-0.15, -0.1) is 0 Å². The molecule has 0 aromatic heterocycles. The van der Waals surface area contributed by atoms with Crippen molar-refractivity contribution < 1.29 is 13.5 Å². The molecule has 0 aliphatic carbocycles. The van der Waals surface area contributed by atoms with Gasteiger partial charge in [0.05, 0.1) is 7.11 Å². The normalized spacial score (nSPS) is 20.4. The molecule has 2 nitrogen and oxygen atoms in total. The van der Waals surface area contributed by atoms with Crippen LogP contribution in [0.5, 0.6) is 5.75 Å². The molecule has 1 aliphatic heterocycles. The zero-order valence-corrected chi connectivity index (χ0v) is 9.17. The quantitative estimate of drug-likeness (QED) is 0.856. The highest BCUT2D eigenvalue weighted by Crippen LogP contribution is 2.34. The van der Waals surface area contributed by atoms with Gasteiger partial charge in [-0.1, -0.05) is 0 Å². The summed E-state index contributed by atoms with van der Waals surface area (Å²) in [5.41, 5.74) is 0.784. The number of hydrogen-bond donors (Lipinski definition) is 1. The average molecular weight is 227 g/mol. The zero-order chi connectivity index (χ0) is 11.5. The smallest absolute Gasteiger partial charge is 0.264 e. The first-order valence-electron chi connectivity index (χ1n) is 5.41. The molecule has 1 saturated heterocycles. The molecule has 1 atom stereocenters. The van der Waals surface area contributed by atoms with Gasteiger partial charge >= 0.3 is 0 Å². The van der Waals surface area contributed by atoms with Crippen LogP contribution in [-0.4, -0.2) is 13.7 Å². The van der Waals surface area contributed by atoms with E-state index in [-0.39, 0.29) is 11.6 Å². The van der Waals surface area contributed by atoms with Gasteiger partial charge in [-0.25, -0.2) is 8.78 Å². The highest BCUT2D eigenvalue weighted by molar-refractivity contribution is 5.38. The largest absolute Gasteiger partial charge is 0.497 e. The molecule has 0 bridgehead atoms. The minimum Gasteiger partial charge on any atom is -0.497 e. The summed E-state index contributed by atoms with van der Waals surface area (Å²) in [6, 6.07) is 4.79. The summed E-state index contributed by atoms with van der Waals surface area (Å²) in [5, 5.41) is 3.23. The fourth-order valence-corrected chi connectivity index (χ4v) is 2.13. The summed E-state index contributed by atoms with van der Waals surface area (Å²) >= 11 is 0. The third-order valence-corrected chi connectivity index (χ3v) is 2.96. The van der Waals surface area contributed by atoms with Crippen molar-refractivity contribution in [1.29, 1.82) is 0 Å². The molecular formula is C12H15F2NO. The van der Waals surface area contributed by atoms with E-state index in [1.807, 2.05) is 0 Å². The van der Waals surface area contributed by atoms with Crippen LogP contribution >= 0.6 is 0 Å². The molecule has 0 radical (unpaired) electrons. The second-order valence-electron chi connectivity index (χ2n) is 3.94. The van der Waals surface area contributed by atoms with Gasteiger partial charge < -0.3 is 10.1 Å².